The van der Waals surface area contributed by atoms with Gasteiger partial charge in [0.05, 0.1) is 0 Å². The van der Waals surface area contributed by atoms with Crippen LogP contribution >= 0.6 is 12.2 Å². The highest BCUT2D eigenvalue weighted by atomic mass is 32.1. The molecule has 4 heavy (non-hydrogen) atoms. The molecule has 0 amide bonds. The molecule has 2 radical (unpaired) electrons. The van der Waals surface area contributed by atoms with E-state index in [-0.39, 0.29) is 0 Å². The summed E-state index contributed by atoms with van der Waals surface area (Å²) in [5.74, 6) is 0. The predicted molar refractivity (Wildman–Crippen MR) is 22.6 cm³/mol. The molecule has 0 N–H and O–H groups in total. The Labute approximate surface area is 31.8 Å². The first-order valence-corrected chi connectivity index (χ1v) is 1.47. The van der Waals surface area contributed by atoms with Crippen molar-refractivity contribution in [1.29, 1.82) is 0 Å². The summed E-state index contributed by atoms with van der Waals surface area (Å²) >= 11 is 4.24. The average Bonchev–Trinajstić information content (AvgIpc) is 1.37. The van der Waals surface area contributed by atoms with Crippen LogP contribution in [0.5, 0.6) is 0 Å². The Kier molecular flexibility index (Phi) is 3.16. The second-order valence-electron chi connectivity index (χ2n) is 0.394. The minimum absolute atomic E-state index is 0.634. The molecule has 0 heterocycles. The molecule has 0 atom stereocenters. The van der Waals surface area contributed by atoms with Crippen LogP contribution in [0.15, 0.2) is 0 Å². The summed E-state index contributed by atoms with van der Waals surface area (Å²) in [6, 6.07) is 0. The predicted octanol–water partition coefficient (Wildman–Crippen LogP) is 1.09. The normalized spacial score (nSPS) is 6.25. The highest BCUT2D eigenvalue weighted by Crippen LogP contribution is 1.58. The van der Waals surface area contributed by atoms with Gasteiger partial charge < -0.3 is 0 Å². The molecular formula is C3H4S. The van der Waals surface area contributed by atoms with Crippen molar-refractivity contribution in [3.63, 3.8) is 0 Å². The molecule has 1 heteroatoms. The van der Waals surface area contributed by atoms with E-state index in [1.54, 1.807) is 0 Å². The summed E-state index contributed by atoms with van der Waals surface area (Å²) in [4.78, 5) is 0. The highest BCUT2D eigenvalue weighted by Gasteiger charge is 1.50. The molecular weight excluding hydrogens is 68.1 g/mol. The molecule has 0 bridgehead atoms. The first kappa shape index (κ1) is 4.09. The van der Waals surface area contributed by atoms with Crippen molar-refractivity contribution in [1.82, 2.24) is 0 Å². The smallest absolute Gasteiger partial charge is 0.0291 e. The van der Waals surface area contributed by atoms with Gasteiger partial charge >= 0.3 is 0 Å². The molecule has 0 aliphatic carbocycles. The third kappa shape index (κ3) is 2.09. The molecule has 0 rings (SSSR count). The zero-order chi connectivity index (χ0) is 3.41. The van der Waals surface area contributed by atoms with E-state index in [1.165, 1.54) is 0 Å². The summed E-state index contributed by atoms with van der Waals surface area (Å²) in [5, 5.41) is 2.40. The Morgan fingerprint density at radius 3 is 2.25 bits per heavy atom. The van der Waals surface area contributed by atoms with Crippen molar-refractivity contribution in [2.75, 3.05) is 0 Å². The lowest BCUT2D eigenvalue weighted by molar-refractivity contribution is 1.60. The van der Waals surface area contributed by atoms with Crippen LogP contribution in [0.4, 0.5) is 0 Å². The topological polar surface area (TPSA) is 0 Å². The van der Waals surface area contributed by atoms with Gasteiger partial charge in [-0.1, -0.05) is 12.2 Å². The molecule has 0 spiro atoms. The molecule has 0 aromatic heterocycles. The van der Waals surface area contributed by atoms with Gasteiger partial charge in [0.2, 0.25) is 0 Å². The van der Waals surface area contributed by atoms with Crippen molar-refractivity contribution >= 4 is 17.6 Å². The Hall–Kier alpha value is 0.0900. The van der Waals surface area contributed by atoms with Crippen LogP contribution in [0.2, 0.25) is 0 Å². The molecule has 0 aliphatic heterocycles. The largest absolute Gasteiger partial charge is 0.0837 e. The maximum Gasteiger partial charge on any atom is 0.0291 e. The molecule has 0 nitrogen and oxygen atoms in total. The second-order valence-corrected chi connectivity index (χ2v) is 0.683. The number of rotatable bonds is 1. The van der Waals surface area contributed by atoms with E-state index in [2.05, 4.69) is 24.5 Å². The van der Waals surface area contributed by atoms with Crippen LogP contribution in [0.3, 0.4) is 0 Å². The highest BCUT2D eigenvalue weighted by molar-refractivity contribution is 7.78. The van der Waals surface area contributed by atoms with E-state index in [9.17, 15) is 0 Å². The molecule has 0 saturated heterocycles. The van der Waals surface area contributed by atoms with E-state index in [0.717, 1.165) is 0 Å². The fraction of sp³-hybridized carbons (Fsp3) is 0.333. The summed E-state index contributed by atoms with van der Waals surface area (Å²) in [7, 11) is 0. The van der Waals surface area contributed by atoms with Gasteiger partial charge in [-0.3, -0.25) is 0 Å². The van der Waals surface area contributed by atoms with Crippen LogP contribution in [0.25, 0.3) is 0 Å². The van der Waals surface area contributed by atoms with Crippen LogP contribution in [-0.4, -0.2) is 5.37 Å². The lowest BCUT2D eigenvalue weighted by Gasteiger charge is -1.52. The van der Waals surface area contributed by atoms with Gasteiger partial charge in [-0.15, -0.1) is 0 Å². The Balaban J connectivity index is 2.30. The van der Waals surface area contributed by atoms with Crippen molar-refractivity contribution in [3.8, 4) is 0 Å². The average molecular weight is 72.1 g/mol. The van der Waals surface area contributed by atoms with E-state index in [0.29, 0.717) is 6.42 Å². The molecule has 0 aliphatic rings. The van der Waals surface area contributed by atoms with Gasteiger partial charge in [-0.25, -0.2) is 0 Å². The Morgan fingerprint density at radius 2 is 2.25 bits per heavy atom. The van der Waals surface area contributed by atoms with Gasteiger partial charge in [-0.2, -0.15) is 0 Å². The number of thiocarbonyl (C=S) groups is 1. The fourth-order valence-corrected chi connectivity index (χ4v) is 0. The fourth-order valence-electron chi connectivity index (χ4n) is 0. The first-order valence-electron chi connectivity index (χ1n) is 1.06. The standard InChI is InChI=1S/C3H4S/c1-2-3-4/h1-2H2. The van der Waals surface area contributed by atoms with Crippen LogP contribution in [0, 0.1) is 6.92 Å². The summed E-state index contributed by atoms with van der Waals surface area (Å²) in [5.41, 5.74) is 0. The van der Waals surface area contributed by atoms with Crippen molar-refractivity contribution in [2.24, 2.45) is 0 Å². The first-order chi connectivity index (χ1) is 1.91. The lowest BCUT2D eigenvalue weighted by Crippen LogP contribution is -1.50. The van der Waals surface area contributed by atoms with E-state index in [4.69, 9.17) is 0 Å². The number of hydrogen-bond acceptors (Lipinski definition) is 1. The van der Waals surface area contributed by atoms with Crippen molar-refractivity contribution in [2.45, 2.75) is 6.42 Å². The molecule has 0 aromatic rings. The molecule has 0 aromatic carbocycles. The van der Waals surface area contributed by atoms with Crippen molar-refractivity contribution < 1.29 is 0 Å². The minimum atomic E-state index is 0.634. The second kappa shape index (κ2) is 3.09. The van der Waals surface area contributed by atoms with Gasteiger partial charge in [-0.05, 0) is 13.3 Å². The van der Waals surface area contributed by atoms with Gasteiger partial charge in [0.25, 0.3) is 0 Å². The Morgan fingerprint density at radius 1 is 2.00 bits per heavy atom. The summed E-state index contributed by atoms with van der Waals surface area (Å²) < 4.78 is 0. The van der Waals surface area contributed by atoms with Crippen molar-refractivity contribution in [3.05, 3.63) is 6.92 Å². The molecule has 22 valence electrons. The lowest BCUT2D eigenvalue weighted by atomic mass is 10.6. The minimum Gasteiger partial charge on any atom is -0.0837 e. The third-order valence-electron chi connectivity index (χ3n) is 0.102. The number of hydrogen-bond donors (Lipinski definition) is 0. The van der Waals surface area contributed by atoms with Crippen LogP contribution < -0.4 is 0 Å². The third-order valence-corrected chi connectivity index (χ3v) is 0.306. The summed E-state index contributed by atoms with van der Waals surface area (Å²) in [6.45, 7) is 3.39. The van der Waals surface area contributed by atoms with Gasteiger partial charge in [0.15, 0.2) is 0 Å². The zero-order valence-electron chi connectivity index (χ0n) is 2.32. The quantitative estimate of drug-likeness (QED) is 0.418. The molecule has 0 fully saturated rings. The zero-order valence-corrected chi connectivity index (χ0v) is 3.14. The molecule has 0 saturated carbocycles. The maximum absolute atomic E-state index is 4.24. The molecule has 0 unspecified atom stereocenters. The van der Waals surface area contributed by atoms with Crippen LogP contribution in [-0.2, 0) is 0 Å². The van der Waals surface area contributed by atoms with E-state index in [1.807, 2.05) is 0 Å². The monoisotopic (exact) mass is 72.0 g/mol. The van der Waals surface area contributed by atoms with Gasteiger partial charge in [0.1, 0.15) is 0 Å². The van der Waals surface area contributed by atoms with Crippen LogP contribution in [0.1, 0.15) is 6.42 Å². The van der Waals surface area contributed by atoms with E-state index >= 15 is 0 Å². The van der Waals surface area contributed by atoms with Gasteiger partial charge in [0, 0.05) is 5.37 Å². The summed E-state index contributed by atoms with van der Waals surface area (Å²) in [6.07, 6.45) is 0.634. The van der Waals surface area contributed by atoms with E-state index < -0.39 is 0 Å². The Bertz CT molecular complexity index is 17.2. The SMILES string of the molecule is [CH2]C[C]=S. The maximum atomic E-state index is 4.24.